The molecular weight excluding hydrogens is 322 g/mol. The van der Waals surface area contributed by atoms with E-state index in [1.54, 1.807) is 28.8 Å². The lowest BCUT2D eigenvalue weighted by Gasteiger charge is -2.22. The van der Waals surface area contributed by atoms with Gasteiger partial charge in [-0.3, -0.25) is 14.4 Å². The molecule has 0 unspecified atom stereocenters. The van der Waals surface area contributed by atoms with E-state index in [4.69, 9.17) is 10.5 Å². The van der Waals surface area contributed by atoms with Crippen LogP contribution in [0.4, 0.5) is 5.69 Å². The van der Waals surface area contributed by atoms with Crippen LogP contribution in [0.2, 0.25) is 0 Å². The highest BCUT2D eigenvalue weighted by molar-refractivity contribution is 6.07. The lowest BCUT2D eigenvalue weighted by Crippen LogP contribution is -2.30. The van der Waals surface area contributed by atoms with Crippen molar-refractivity contribution < 1.29 is 14.3 Å². The summed E-state index contributed by atoms with van der Waals surface area (Å²) in [6, 6.07) is 7.64. The largest absolute Gasteiger partial charge is 0.496 e. The number of fused-ring (bicyclic) bond motifs is 1. The van der Waals surface area contributed by atoms with Crippen molar-refractivity contribution >= 4 is 17.5 Å². The van der Waals surface area contributed by atoms with Gasteiger partial charge in [-0.2, -0.15) is 0 Å². The number of methoxy groups -OCH3 is 1. The SMILES string of the molecule is COc1cc(=O)n2c(c1C(=O)Nc1ccc(C(N)=O)cc1)CCCC2. The van der Waals surface area contributed by atoms with Crippen LogP contribution >= 0.6 is 0 Å². The van der Waals surface area contributed by atoms with Gasteiger partial charge in [0.2, 0.25) is 5.91 Å². The zero-order chi connectivity index (χ0) is 18.0. The van der Waals surface area contributed by atoms with Crippen LogP contribution in [0.25, 0.3) is 0 Å². The molecule has 1 aromatic carbocycles. The zero-order valence-electron chi connectivity index (χ0n) is 13.9. The van der Waals surface area contributed by atoms with E-state index in [0.29, 0.717) is 35.5 Å². The molecule has 0 spiro atoms. The van der Waals surface area contributed by atoms with E-state index < -0.39 is 5.91 Å². The highest BCUT2D eigenvalue weighted by Crippen LogP contribution is 2.26. The highest BCUT2D eigenvalue weighted by Gasteiger charge is 2.24. The summed E-state index contributed by atoms with van der Waals surface area (Å²) >= 11 is 0. The molecule has 2 heterocycles. The van der Waals surface area contributed by atoms with Gasteiger partial charge in [0, 0.05) is 29.6 Å². The monoisotopic (exact) mass is 341 g/mol. The number of carbonyl (C=O) groups is 2. The molecule has 7 heteroatoms. The molecule has 0 atom stereocenters. The van der Waals surface area contributed by atoms with Crippen molar-refractivity contribution in [3.8, 4) is 5.75 Å². The number of rotatable bonds is 4. The second kappa shape index (κ2) is 6.80. The fourth-order valence-corrected chi connectivity index (χ4v) is 3.06. The number of pyridine rings is 1. The molecule has 0 saturated heterocycles. The predicted molar refractivity (Wildman–Crippen MR) is 93.1 cm³/mol. The van der Waals surface area contributed by atoms with Crippen molar-refractivity contribution in [2.45, 2.75) is 25.8 Å². The Kier molecular flexibility index (Phi) is 4.56. The molecule has 1 aliphatic heterocycles. The average molecular weight is 341 g/mol. The van der Waals surface area contributed by atoms with Crippen LogP contribution < -0.4 is 21.3 Å². The topological polar surface area (TPSA) is 103 Å². The number of hydrogen-bond donors (Lipinski definition) is 2. The second-order valence-corrected chi connectivity index (χ2v) is 5.88. The van der Waals surface area contributed by atoms with Crippen molar-refractivity contribution in [3.05, 3.63) is 57.5 Å². The Morgan fingerprint density at radius 1 is 1.20 bits per heavy atom. The quantitative estimate of drug-likeness (QED) is 0.880. The van der Waals surface area contributed by atoms with E-state index in [1.165, 1.54) is 13.2 Å². The van der Waals surface area contributed by atoms with Gasteiger partial charge in [-0.15, -0.1) is 0 Å². The maximum atomic E-state index is 12.8. The molecule has 0 fully saturated rings. The minimum absolute atomic E-state index is 0.158. The molecule has 0 radical (unpaired) electrons. The number of ether oxygens (including phenoxy) is 1. The van der Waals surface area contributed by atoms with Gasteiger partial charge in [-0.05, 0) is 43.5 Å². The molecular formula is C18H19N3O4. The van der Waals surface area contributed by atoms with Gasteiger partial charge in [0.15, 0.2) is 0 Å². The van der Waals surface area contributed by atoms with Gasteiger partial charge >= 0.3 is 0 Å². The number of aromatic nitrogens is 1. The van der Waals surface area contributed by atoms with E-state index in [2.05, 4.69) is 5.32 Å². The summed E-state index contributed by atoms with van der Waals surface area (Å²) < 4.78 is 6.90. The minimum atomic E-state index is -0.531. The van der Waals surface area contributed by atoms with Crippen LogP contribution in [-0.2, 0) is 13.0 Å². The van der Waals surface area contributed by atoms with E-state index in [0.717, 1.165) is 12.8 Å². The van der Waals surface area contributed by atoms with Crippen molar-refractivity contribution in [1.82, 2.24) is 4.57 Å². The minimum Gasteiger partial charge on any atom is -0.496 e. The molecule has 25 heavy (non-hydrogen) atoms. The van der Waals surface area contributed by atoms with Gasteiger partial charge in [0.1, 0.15) is 11.3 Å². The lowest BCUT2D eigenvalue weighted by molar-refractivity contribution is 0.0997. The van der Waals surface area contributed by atoms with Gasteiger partial charge in [0.25, 0.3) is 11.5 Å². The number of primary amides is 1. The summed E-state index contributed by atoms with van der Waals surface area (Å²) in [4.78, 5) is 36.1. The molecule has 1 aliphatic rings. The van der Waals surface area contributed by atoms with Crippen LogP contribution in [0.1, 0.15) is 39.3 Å². The first kappa shape index (κ1) is 16.8. The maximum Gasteiger partial charge on any atom is 0.261 e. The third-order valence-corrected chi connectivity index (χ3v) is 4.30. The fraction of sp³-hybridized carbons (Fsp3) is 0.278. The number of carbonyl (C=O) groups excluding carboxylic acids is 2. The van der Waals surface area contributed by atoms with E-state index >= 15 is 0 Å². The standard InChI is InChI=1S/C18H19N3O4/c1-25-14-10-15(22)21-9-3-2-4-13(21)16(14)18(24)20-12-7-5-11(6-8-12)17(19)23/h5-8,10H,2-4,9H2,1H3,(H2,19,23)(H,20,24). The fourth-order valence-electron chi connectivity index (χ4n) is 3.06. The molecule has 2 aromatic rings. The first-order valence-electron chi connectivity index (χ1n) is 8.03. The molecule has 3 rings (SSSR count). The Morgan fingerprint density at radius 3 is 2.56 bits per heavy atom. The number of nitrogens with one attached hydrogen (secondary N) is 1. The van der Waals surface area contributed by atoms with Crippen molar-refractivity contribution in [2.75, 3.05) is 12.4 Å². The number of amides is 2. The Morgan fingerprint density at radius 2 is 1.92 bits per heavy atom. The van der Waals surface area contributed by atoms with E-state index in [1.807, 2.05) is 0 Å². The third kappa shape index (κ3) is 3.26. The number of anilines is 1. The molecule has 0 aliphatic carbocycles. The lowest BCUT2D eigenvalue weighted by atomic mass is 10.0. The van der Waals surface area contributed by atoms with E-state index in [9.17, 15) is 14.4 Å². The number of hydrogen-bond acceptors (Lipinski definition) is 4. The summed E-state index contributed by atoms with van der Waals surface area (Å²) in [5, 5.41) is 2.78. The Labute approximate surface area is 144 Å². The van der Waals surface area contributed by atoms with Crippen LogP contribution in [0.15, 0.2) is 35.1 Å². The highest BCUT2D eigenvalue weighted by atomic mass is 16.5. The first-order chi connectivity index (χ1) is 12.0. The van der Waals surface area contributed by atoms with Gasteiger partial charge < -0.3 is 20.4 Å². The second-order valence-electron chi connectivity index (χ2n) is 5.88. The van der Waals surface area contributed by atoms with Crippen molar-refractivity contribution in [3.63, 3.8) is 0 Å². The number of nitrogens with two attached hydrogens (primary N) is 1. The van der Waals surface area contributed by atoms with E-state index in [-0.39, 0.29) is 17.2 Å². The molecule has 0 bridgehead atoms. The summed E-state index contributed by atoms with van der Waals surface area (Å²) in [6.45, 7) is 0.603. The van der Waals surface area contributed by atoms with Crippen molar-refractivity contribution in [1.29, 1.82) is 0 Å². The van der Waals surface area contributed by atoms with Crippen LogP contribution in [0.3, 0.4) is 0 Å². The molecule has 1 aromatic heterocycles. The summed E-state index contributed by atoms with van der Waals surface area (Å²) in [6.07, 6.45) is 2.48. The number of benzene rings is 1. The molecule has 130 valence electrons. The first-order valence-corrected chi connectivity index (χ1v) is 8.03. The van der Waals surface area contributed by atoms with Crippen molar-refractivity contribution in [2.24, 2.45) is 5.73 Å². The number of nitrogens with zero attached hydrogens (tertiary/aromatic N) is 1. The van der Waals surface area contributed by atoms with Gasteiger partial charge in [-0.1, -0.05) is 0 Å². The normalized spacial score (nSPS) is 13.0. The van der Waals surface area contributed by atoms with Gasteiger partial charge in [0.05, 0.1) is 7.11 Å². The molecule has 0 saturated carbocycles. The summed E-state index contributed by atoms with van der Waals surface area (Å²) in [7, 11) is 1.44. The Bertz CT molecular complexity index is 884. The smallest absolute Gasteiger partial charge is 0.261 e. The summed E-state index contributed by atoms with van der Waals surface area (Å²) in [5.41, 5.74) is 7.01. The Balaban J connectivity index is 1.96. The molecule has 2 amide bonds. The average Bonchev–Trinajstić information content (AvgIpc) is 2.61. The third-order valence-electron chi connectivity index (χ3n) is 4.30. The predicted octanol–water partition coefficient (Wildman–Crippen LogP) is 1.54. The maximum absolute atomic E-state index is 12.8. The molecule has 7 nitrogen and oxygen atoms in total. The molecule has 3 N–H and O–H groups in total. The Hall–Kier alpha value is -3.09. The van der Waals surface area contributed by atoms with Crippen LogP contribution in [0.5, 0.6) is 5.75 Å². The zero-order valence-corrected chi connectivity index (χ0v) is 13.9. The van der Waals surface area contributed by atoms with Gasteiger partial charge in [-0.25, -0.2) is 0 Å². The summed E-state index contributed by atoms with van der Waals surface area (Å²) in [5.74, 6) is -0.616. The van der Waals surface area contributed by atoms with Crippen LogP contribution in [0, 0.1) is 0 Å². The van der Waals surface area contributed by atoms with Crippen LogP contribution in [-0.4, -0.2) is 23.5 Å².